The first-order chi connectivity index (χ1) is 13.6. The van der Waals surface area contributed by atoms with Gasteiger partial charge in [-0.3, -0.25) is 4.90 Å². The molecular weight excluding hydrogens is 392 g/mol. The number of aromatic nitrogens is 3. The van der Waals surface area contributed by atoms with Gasteiger partial charge in [0.2, 0.25) is 16.7 Å². The number of fused-ring (bicyclic) bond motifs is 1. The zero-order chi connectivity index (χ0) is 19.3. The molecule has 5 rings (SSSR count). The summed E-state index contributed by atoms with van der Waals surface area (Å²) < 4.78 is 6.93. The van der Waals surface area contributed by atoms with Gasteiger partial charge in [-0.1, -0.05) is 31.3 Å². The van der Waals surface area contributed by atoms with Gasteiger partial charge >= 0.3 is 0 Å². The molecule has 1 aliphatic rings. The fourth-order valence-corrected chi connectivity index (χ4v) is 6.33. The molecule has 4 aromatic rings. The molecule has 1 aliphatic heterocycles. The molecule has 0 aromatic carbocycles. The molecule has 5 heterocycles. The lowest BCUT2D eigenvalue weighted by Gasteiger charge is -2.39. The molecule has 0 radical (unpaired) electrons. The van der Waals surface area contributed by atoms with Crippen LogP contribution in [-0.2, 0) is 0 Å². The second-order valence-electron chi connectivity index (χ2n) is 7.71. The van der Waals surface area contributed by atoms with Gasteiger partial charge in [-0.15, -0.1) is 16.4 Å². The van der Waals surface area contributed by atoms with Gasteiger partial charge < -0.3 is 9.52 Å². The number of thiophene rings is 1. The van der Waals surface area contributed by atoms with Crippen LogP contribution in [0.15, 0.2) is 40.3 Å². The number of rotatable bonds is 4. The van der Waals surface area contributed by atoms with E-state index in [1.165, 1.54) is 27.2 Å². The Kier molecular flexibility index (Phi) is 4.49. The minimum Gasteiger partial charge on any atom is -0.492 e. The standard InChI is InChI=1S/C20H22N4O2S2/c1-12-9-13(2)11-23(10-12)16(15-6-4-8-27-15)17-19(25)24-20(28-17)21-18(22-24)14-5-3-7-26-14/h3-8,12-13,16,25H,9-11H2,1-2H3. The third kappa shape index (κ3) is 3.05. The lowest BCUT2D eigenvalue weighted by atomic mass is 9.90. The van der Waals surface area contributed by atoms with Crippen molar-refractivity contribution in [1.29, 1.82) is 0 Å². The number of thiazole rings is 1. The van der Waals surface area contributed by atoms with E-state index in [-0.39, 0.29) is 11.9 Å². The van der Waals surface area contributed by atoms with E-state index >= 15 is 0 Å². The molecule has 146 valence electrons. The van der Waals surface area contributed by atoms with E-state index in [1.54, 1.807) is 23.7 Å². The summed E-state index contributed by atoms with van der Waals surface area (Å²) in [5.74, 6) is 2.55. The van der Waals surface area contributed by atoms with Crippen molar-refractivity contribution < 1.29 is 9.52 Å². The van der Waals surface area contributed by atoms with Gasteiger partial charge in [0, 0.05) is 18.0 Å². The average Bonchev–Trinajstić information content (AvgIpc) is 3.41. The Balaban J connectivity index is 1.58. The second-order valence-corrected chi connectivity index (χ2v) is 9.70. The van der Waals surface area contributed by atoms with Gasteiger partial charge in [-0.05, 0) is 41.8 Å². The number of likely N-dealkylation sites (tertiary alicyclic amines) is 1. The van der Waals surface area contributed by atoms with E-state index in [0.717, 1.165) is 18.0 Å². The van der Waals surface area contributed by atoms with Crippen molar-refractivity contribution in [2.45, 2.75) is 26.3 Å². The fraction of sp³-hybridized carbons (Fsp3) is 0.400. The van der Waals surface area contributed by atoms with Crippen molar-refractivity contribution >= 4 is 27.6 Å². The summed E-state index contributed by atoms with van der Waals surface area (Å²) in [4.78, 5) is 9.91. The highest BCUT2D eigenvalue weighted by Crippen LogP contribution is 2.43. The molecule has 4 aromatic heterocycles. The largest absolute Gasteiger partial charge is 0.492 e. The lowest BCUT2D eigenvalue weighted by Crippen LogP contribution is -2.41. The van der Waals surface area contributed by atoms with Crippen molar-refractivity contribution in [2.24, 2.45) is 11.8 Å². The summed E-state index contributed by atoms with van der Waals surface area (Å²) in [5, 5.41) is 17.6. The second kappa shape index (κ2) is 7.02. The molecule has 1 N–H and O–H groups in total. The maximum absolute atomic E-state index is 11.1. The highest BCUT2D eigenvalue weighted by atomic mass is 32.1. The van der Waals surface area contributed by atoms with E-state index in [9.17, 15) is 5.11 Å². The maximum Gasteiger partial charge on any atom is 0.230 e. The Labute approximate surface area is 171 Å². The summed E-state index contributed by atoms with van der Waals surface area (Å²) in [7, 11) is 0. The van der Waals surface area contributed by atoms with Crippen molar-refractivity contribution in [2.75, 3.05) is 13.1 Å². The van der Waals surface area contributed by atoms with Gasteiger partial charge in [-0.25, -0.2) is 0 Å². The molecule has 0 amide bonds. The molecular formula is C20H22N4O2S2. The summed E-state index contributed by atoms with van der Waals surface area (Å²) in [5.41, 5.74) is 0. The van der Waals surface area contributed by atoms with Crippen LogP contribution in [0.4, 0.5) is 0 Å². The molecule has 1 fully saturated rings. The van der Waals surface area contributed by atoms with Crippen molar-refractivity contribution in [3.05, 3.63) is 45.7 Å². The Morgan fingerprint density at radius 2 is 2.04 bits per heavy atom. The molecule has 0 spiro atoms. The third-order valence-corrected chi connectivity index (χ3v) is 7.26. The molecule has 0 bridgehead atoms. The highest BCUT2D eigenvalue weighted by Gasteiger charge is 2.34. The number of furan rings is 1. The van der Waals surface area contributed by atoms with Crippen LogP contribution in [0.5, 0.6) is 5.88 Å². The minimum atomic E-state index is 0.0331. The first-order valence-corrected chi connectivity index (χ1v) is 11.2. The van der Waals surface area contributed by atoms with E-state index < -0.39 is 0 Å². The van der Waals surface area contributed by atoms with Crippen LogP contribution in [0.3, 0.4) is 0 Å². The monoisotopic (exact) mass is 414 g/mol. The van der Waals surface area contributed by atoms with Gasteiger partial charge in [0.1, 0.15) is 0 Å². The van der Waals surface area contributed by atoms with Crippen molar-refractivity contribution in [1.82, 2.24) is 19.5 Å². The zero-order valence-electron chi connectivity index (χ0n) is 15.8. The number of hydrogen-bond donors (Lipinski definition) is 1. The number of nitrogens with zero attached hydrogens (tertiary/aromatic N) is 4. The summed E-state index contributed by atoms with van der Waals surface area (Å²) >= 11 is 3.24. The van der Waals surface area contributed by atoms with Crippen LogP contribution in [0.25, 0.3) is 16.5 Å². The van der Waals surface area contributed by atoms with E-state index in [0.29, 0.717) is 28.4 Å². The normalized spacial score (nSPS) is 22.1. The Morgan fingerprint density at radius 1 is 1.21 bits per heavy atom. The topological polar surface area (TPSA) is 66.8 Å². The maximum atomic E-state index is 11.1. The third-order valence-electron chi connectivity index (χ3n) is 5.26. The zero-order valence-corrected chi connectivity index (χ0v) is 17.4. The van der Waals surface area contributed by atoms with Gasteiger partial charge in [0.15, 0.2) is 5.76 Å². The minimum absolute atomic E-state index is 0.0331. The quantitative estimate of drug-likeness (QED) is 0.515. The predicted octanol–water partition coefficient (Wildman–Crippen LogP) is 4.89. The van der Waals surface area contributed by atoms with Crippen LogP contribution in [0, 0.1) is 11.8 Å². The Bertz CT molecular complexity index is 1060. The van der Waals surface area contributed by atoms with Crippen LogP contribution in [0.1, 0.15) is 36.1 Å². The molecule has 3 unspecified atom stereocenters. The SMILES string of the molecule is CC1CC(C)CN(C(c2cccs2)c2sc3nc(-c4ccco4)nn3c2O)C1. The molecule has 3 atom stereocenters. The Morgan fingerprint density at radius 3 is 2.68 bits per heavy atom. The molecule has 1 saturated heterocycles. The summed E-state index contributed by atoms with van der Waals surface area (Å²) in [6, 6.07) is 7.89. The average molecular weight is 415 g/mol. The van der Waals surface area contributed by atoms with Gasteiger partial charge in [0.05, 0.1) is 17.2 Å². The first-order valence-electron chi connectivity index (χ1n) is 9.50. The van der Waals surface area contributed by atoms with E-state index in [4.69, 9.17) is 4.42 Å². The smallest absolute Gasteiger partial charge is 0.230 e. The fourth-order valence-electron chi connectivity index (χ4n) is 4.28. The van der Waals surface area contributed by atoms with Crippen LogP contribution in [-0.4, -0.2) is 37.7 Å². The molecule has 0 saturated carbocycles. The van der Waals surface area contributed by atoms with Crippen LogP contribution >= 0.6 is 22.7 Å². The molecule has 8 heteroatoms. The van der Waals surface area contributed by atoms with Crippen molar-refractivity contribution in [3.63, 3.8) is 0 Å². The predicted molar refractivity (Wildman–Crippen MR) is 111 cm³/mol. The lowest BCUT2D eigenvalue weighted by molar-refractivity contribution is 0.113. The van der Waals surface area contributed by atoms with Gasteiger partial charge in [-0.2, -0.15) is 9.50 Å². The highest BCUT2D eigenvalue weighted by molar-refractivity contribution is 7.17. The molecule has 28 heavy (non-hydrogen) atoms. The number of piperidine rings is 1. The first kappa shape index (κ1) is 17.9. The summed E-state index contributed by atoms with van der Waals surface area (Å²) in [6.45, 7) is 6.67. The Hall–Kier alpha value is -2.16. The van der Waals surface area contributed by atoms with Crippen LogP contribution in [0.2, 0.25) is 0 Å². The van der Waals surface area contributed by atoms with E-state index in [2.05, 4.69) is 46.3 Å². The number of hydrogen-bond acceptors (Lipinski definition) is 7. The number of aromatic hydroxyl groups is 1. The van der Waals surface area contributed by atoms with Crippen molar-refractivity contribution in [3.8, 4) is 17.5 Å². The van der Waals surface area contributed by atoms with Gasteiger partial charge in [0.25, 0.3) is 0 Å². The van der Waals surface area contributed by atoms with Crippen LogP contribution < -0.4 is 0 Å². The summed E-state index contributed by atoms with van der Waals surface area (Å²) in [6.07, 6.45) is 2.85. The molecule has 0 aliphatic carbocycles. The molecule has 6 nitrogen and oxygen atoms in total. The van der Waals surface area contributed by atoms with E-state index in [1.807, 2.05) is 6.07 Å².